The van der Waals surface area contributed by atoms with Gasteiger partial charge in [0.15, 0.2) is 0 Å². The molecule has 2 rings (SSSR count). The van der Waals surface area contributed by atoms with Crippen LogP contribution in [0.15, 0.2) is 33.6 Å². The molecular weight excluding hydrogens is 204 g/mol. The van der Waals surface area contributed by atoms with Crippen LogP contribution in [-0.2, 0) is 6.54 Å². The van der Waals surface area contributed by atoms with E-state index in [0.717, 1.165) is 19.3 Å². The lowest BCUT2D eigenvalue weighted by atomic mass is 9.97. The summed E-state index contributed by atoms with van der Waals surface area (Å²) in [4.78, 5) is 24.9. The highest BCUT2D eigenvalue weighted by Gasteiger charge is 2.05. The highest BCUT2D eigenvalue weighted by Crippen LogP contribution is 2.20. The second-order valence-electron chi connectivity index (χ2n) is 4.15. The molecule has 0 aromatic carbocycles. The van der Waals surface area contributed by atoms with Crippen molar-refractivity contribution in [2.24, 2.45) is 0 Å². The van der Waals surface area contributed by atoms with Crippen LogP contribution in [0.25, 0.3) is 0 Å². The Morgan fingerprint density at radius 2 is 2.19 bits per heavy atom. The number of hydrogen-bond donors (Lipinski definition) is 1. The first-order valence-corrected chi connectivity index (χ1v) is 5.73. The number of nitrogens with zero attached hydrogens (tertiary/aromatic N) is 1. The normalized spacial score (nSPS) is 15.9. The zero-order valence-corrected chi connectivity index (χ0v) is 9.24. The molecule has 1 aliphatic rings. The third-order valence-corrected chi connectivity index (χ3v) is 2.98. The van der Waals surface area contributed by atoms with Crippen molar-refractivity contribution in [1.82, 2.24) is 9.55 Å². The summed E-state index contributed by atoms with van der Waals surface area (Å²) in [6.45, 7) is 0.606. The van der Waals surface area contributed by atoms with Gasteiger partial charge in [-0.25, -0.2) is 0 Å². The van der Waals surface area contributed by atoms with Crippen molar-refractivity contribution in [2.75, 3.05) is 0 Å². The van der Waals surface area contributed by atoms with Gasteiger partial charge in [0, 0.05) is 18.9 Å². The third-order valence-electron chi connectivity index (χ3n) is 2.98. The maximum absolute atomic E-state index is 11.4. The molecule has 86 valence electrons. The van der Waals surface area contributed by atoms with Crippen LogP contribution >= 0.6 is 0 Å². The van der Waals surface area contributed by atoms with Crippen LogP contribution in [0, 0.1) is 0 Å². The predicted molar refractivity (Wildman–Crippen MR) is 62.5 cm³/mol. The van der Waals surface area contributed by atoms with Crippen molar-refractivity contribution in [3.63, 3.8) is 0 Å². The number of nitrogens with one attached hydrogen (secondary N) is 1. The molecule has 1 heterocycles. The van der Waals surface area contributed by atoms with E-state index in [1.165, 1.54) is 29.2 Å². The largest absolute Gasteiger partial charge is 0.323 e. The second-order valence-corrected chi connectivity index (χ2v) is 4.15. The zero-order valence-electron chi connectivity index (χ0n) is 9.24. The van der Waals surface area contributed by atoms with E-state index in [2.05, 4.69) is 11.1 Å². The average molecular weight is 220 g/mol. The molecule has 16 heavy (non-hydrogen) atoms. The first-order chi connectivity index (χ1) is 7.77. The quantitative estimate of drug-likeness (QED) is 0.618. The zero-order chi connectivity index (χ0) is 11.4. The number of aromatic nitrogens is 2. The van der Waals surface area contributed by atoms with Crippen molar-refractivity contribution >= 4 is 0 Å². The first-order valence-electron chi connectivity index (χ1n) is 5.73. The number of allylic oxidation sites excluding steroid dienone is 2. The molecule has 0 saturated carbocycles. The molecule has 0 amide bonds. The van der Waals surface area contributed by atoms with E-state index in [1.54, 1.807) is 6.20 Å². The standard InChI is InChI=1S/C12H16N2O2/c15-11-12(16)14(9-7-13-11)8-6-10-4-2-1-3-5-10/h4,7,9H,1-3,5-6,8H2,(H,13,15). The Kier molecular flexibility index (Phi) is 3.39. The fourth-order valence-corrected chi connectivity index (χ4v) is 2.03. The fraction of sp³-hybridized carbons (Fsp3) is 0.500. The van der Waals surface area contributed by atoms with Crippen LogP contribution in [0.2, 0.25) is 0 Å². The summed E-state index contributed by atoms with van der Waals surface area (Å²) in [5, 5.41) is 0. The monoisotopic (exact) mass is 220 g/mol. The maximum Gasteiger partial charge on any atom is 0.316 e. The molecule has 0 spiro atoms. The van der Waals surface area contributed by atoms with Gasteiger partial charge in [0.25, 0.3) is 0 Å². The van der Waals surface area contributed by atoms with Crippen LogP contribution in [0.3, 0.4) is 0 Å². The van der Waals surface area contributed by atoms with Gasteiger partial charge < -0.3 is 9.55 Å². The predicted octanol–water partition coefficient (Wildman–Crippen LogP) is 1.43. The van der Waals surface area contributed by atoms with Crippen molar-refractivity contribution in [1.29, 1.82) is 0 Å². The Morgan fingerprint density at radius 3 is 2.94 bits per heavy atom. The Hall–Kier alpha value is -1.58. The van der Waals surface area contributed by atoms with Crippen LogP contribution in [0.4, 0.5) is 0 Å². The Morgan fingerprint density at radius 1 is 1.31 bits per heavy atom. The fourth-order valence-electron chi connectivity index (χ4n) is 2.03. The summed E-state index contributed by atoms with van der Waals surface area (Å²) in [6, 6.07) is 0. The molecule has 1 N–H and O–H groups in total. The van der Waals surface area contributed by atoms with Crippen LogP contribution in [0.1, 0.15) is 32.1 Å². The van der Waals surface area contributed by atoms with Gasteiger partial charge in [0.2, 0.25) is 0 Å². The number of H-pyrrole nitrogens is 1. The molecule has 1 aromatic rings. The summed E-state index contributed by atoms with van der Waals surface area (Å²) in [6.07, 6.45) is 11.1. The molecule has 1 aliphatic carbocycles. The topological polar surface area (TPSA) is 54.9 Å². The summed E-state index contributed by atoms with van der Waals surface area (Å²) < 4.78 is 1.48. The van der Waals surface area contributed by atoms with Gasteiger partial charge in [0.05, 0.1) is 0 Å². The van der Waals surface area contributed by atoms with Crippen molar-refractivity contribution in [3.05, 3.63) is 44.8 Å². The van der Waals surface area contributed by atoms with Crippen molar-refractivity contribution in [3.8, 4) is 0 Å². The van der Waals surface area contributed by atoms with E-state index >= 15 is 0 Å². The minimum atomic E-state index is -0.542. The molecule has 0 aliphatic heterocycles. The lowest BCUT2D eigenvalue weighted by molar-refractivity contribution is 0.608. The van der Waals surface area contributed by atoms with Gasteiger partial charge in [-0.05, 0) is 32.1 Å². The molecule has 0 fully saturated rings. The minimum Gasteiger partial charge on any atom is -0.323 e. The van der Waals surface area contributed by atoms with E-state index in [9.17, 15) is 9.59 Å². The van der Waals surface area contributed by atoms with Crippen LogP contribution in [0.5, 0.6) is 0 Å². The van der Waals surface area contributed by atoms with Crippen molar-refractivity contribution < 1.29 is 0 Å². The highest BCUT2D eigenvalue weighted by molar-refractivity contribution is 5.04. The summed E-state index contributed by atoms with van der Waals surface area (Å²) in [5.74, 6) is 0. The number of hydrogen-bond acceptors (Lipinski definition) is 2. The van der Waals surface area contributed by atoms with E-state index in [1.807, 2.05) is 0 Å². The van der Waals surface area contributed by atoms with Gasteiger partial charge >= 0.3 is 11.1 Å². The number of aryl methyl sites for hydroxylation is 1. The molecule has 4 nitrogen and oxygen atoms in total. The molecule has 0 unspecified atom stereocenters. The Balaban J connectivity index is 2.05. The average Bonchev–Trinajstić information content (AvgIpc) is 2.32. The summed E-state index contributed by atoms with van der Waals surface area (Å²) >= 11 is 0. The van der Waals surface area contributed by atoms with E-state index < -0.39 is 11.1 Å². The minimum absolute atomic E-state index is 0.459. The maximum atomic E-state index is 11.4. The molecule has 0 saturated heterocycles. The van der Waals surface area contributed by atoms with Crippen molar-refractivity contribution in [2.45, 2.75) is 38.6 Å². The summed E-state index contributed by atoms with van der Waals surface area (Å²) in [7, 11) is 0. The molecule has 4 heteroatoms. The Labute approximate surface area is 93.6 Å². The molecule has 0 radical (unpaired) electrons. The first kappa shape index (κ1) is 10.9. The van der Waals surface area contributed by atoms with Gasteiger partial charge in [-0.2, -0.15) is 0 Å². The van der Waals surface area contributed by atoms with E-state index in [0.29, 0.717) is 6.54 Å². The lowest BCUT2D eigenvalue weighted by Crippen LogP contribution is -2.35. The third kappa shape index (κ3) is 2.51. The van der Waals surface area contributed by atoms with Crippen LogP contribution in [-0.4, -0.2) is 9.55 Å². The van der Waals surface area contributed by atoms with Gasteiger partial charge in [-0.15, -0.1) is 0 Å². The van der Waals surface area contributed by atoms with Gasteiger partial charge in [-0.3, -0.25) is 9.59 Å². The Bertz CT molecular complexity index is 496. The summed E-state index contributed by atoms with van der Waals surface area (Å²) in [5.41, 5.74) is 0.414. The lowest BCUT2D eigenvalue weighted by Gasteiger charge is -2.12. The van der Waals surface area contributed by atoms with Gasteiger partial charge in [-0.1, -0.05) is 11.6 Å². The molecule has 1 aromatic heterocycles. The number of rotatable bonds is 3. The van der Waals surface area contributed by atoms with E-state index in [-0.39, 0.29) is 0 Å². The smallest absolute Gasteiger partial charge is 0.316 e. The second kappa shape index (κ2) is 4.96. The number of aromatic amines is 1. The highest BCUT2D eigenvalue weighted by atomic mass is 16.2. The van der Waals surface area contributed by atoms with Gasteiger partial charge in [0.1, 0.15) is 0 Å². The molecule has 0 atom stereocenters. The van der Waals surface area contributed by atoms with Crippen LogP contribution < -0.4 is 11.1 Å². The SMILES string of the molecule is O=c1[nH]ccn(CCC2=CCCCC2)c1=O. The molecular formula is C12H16N2O2. The van der Waals surface area contributed by atoms with E-state index in [4.69, 9.17) is 0 Å². The molecule has 0 bridgehead atoms.